The Balaban J connectivity index is 1.39. The summed E-state index contributed by atoms with van der Waals surface area (Å²) in [5.41, 5.74) is 3.45. The van der Waals surface area contributed by atoms with E-state index in [0.717, 1.165) is 47.0 Å². The molecule has 27 heavy (non-hydrogen) atoms. The minimum Gasteiger partial charge on any atom is -0.338 e. The minimum absolute atomic E-state index is 0.0769. The number of nitrogens with zero attached hydrogens (tertiary/aromatic N) is 4. The lowest BCUT2D eigenvalue weighted by molar-refractivity contribution is 0.0706. The van der Waals surface area contributed by atoms with Gasteiger partial charge in [-0.1, -0.05) is 6.07 Å². The van der Waals surface area contributed by atoms with Crippen molar-refractivity contribution in [1.82, 2.24) is 25.1 Å². The van der Waals surface area contributed by atoms with Gasteiger partial charge in [-0.05, 0) is 49.2 Å². The van der Waals surface area contributed by atoms with Crippen molar-refractivity contribution in [3.8, 4) is 0 Å². The van der Waals surface area contributed by atoms with Gasteiger partial charge in [0.25, 0.3) is 5.91 Å². The van der Waals surface area contributed by atoms with Crippen LogP contribution in [-0.4, -0.2) is 44.1 Å². The van der Waals surface area contributed by atoms with Crippen molar-refractivity contribution >= 4 is 27.8 Å². The average molecular weight is 357 g/mol. The van der Waals surface area contributed by atoms with Crippen LogP contribution >= 0.6 is 0 Å². The lowest BCUT2D eigenvalue weighted by atomic mass is 9.93. The molecule has 1 aromatic carbocycles. The highest BCUT2D eigenvalue weighted by molar-refractivity contribution is 5.98. The molecule has 0 aliphatic carbocycles. The number of pyridine rings is 2. The summed E-state index contributed by atoms with van der Waals surface area (Å²) in [5.74, 6) is 0.325. The van der Waals surface area contributed by atoms with E-state index in [0.29, 0.717) is 12.1 Å². The molecular weight excluding hydrogens is 338 g/mol. The smallest absolute Gasteiger partial charge is 0.253 e. The van der Waals surface area contributed by atoms with Gasteiger partial charge in [-0.2, -0.15) is 5.10 Å². The molecule has 1 aliphatic rings. The molecule has 0 radical (unpaired) electrons. The van der Waals surface area contributed by atoms with Gasteiger partial charge in [0.2, 0.25) is 0 Å². The van der Waals surface area contributed by atoms with Crippen LogP contribution in [-0.2, 0) is 0 Å². The summed E-state index contributed by atoms with van der Waals surface area (Å²) in [6.45, 7) is 1.48. The van der Waals surface area contributed by atoms with Crippen LogP contribution in [0.15, 0.2) is 54.9 Å². The van der Waals surface area contributed by atoms with Gasteiger partial charge >= 0.3 is 0 Å². The molecular formula is C21H19N5O. The number of H-pyrrole nitrogens is 1. The molecule has 0 bridgehead atoms. The van der Waals surface area contributed by atoms with Crippen molar-refractivity contribution in [2.45, 2.75) is 18.8 Å². The zero-order valence-electron chi connectivity index (χ0n) is 14.8. The van der Waals surface area contributed by atoms with E-state index in [1.807, 2.05) is 41.3 Å². The van der Waals surface area contributed by atoms with Crippen LogP contribution in [0.4, 0.5) is 0 Å². The molecule has 1 amide bonds. The van der Waals surface area contributed by atoms with E-state index in [1.54, 1.807) is 12.4 Å². The fourth-order valence-corrected chi connectivity index (χ4v) is 3.86. The van der Waals surface area contributed by atoms with Crippen LogP contribution in [0.5, 0.6) is 0 Å². The average Bonchev–Trinajstić information content (AvgIpc) is 3.21. The summed E-state index contributed by atoms with van der Waals surface area (Å²) in [7, 11) is 0. The van der Waals surface area contributed by atoms with Crippen molar-refractivity contribution in [2.75, 3.05) is 13.1 Å². The van der Waals surface area contributed by atoms with Crippen LogP contribution in [0.1, 0.15) is 34.8 Å². The number of hydrogen-bond acceptors (Lipinski definition) is 4. The number of carbonyl (C=O) groups is 1. The number of likely N-dealkylation sites (tertiary alicyclic amines) is 1. The predicted octanol–water partition coefficient (Wildman–Crippen LogP) is 3.53. The van der Waals surface area contributed by atoms with Gasteiger partial charge < -0.3 is 4.90 Å². The molecule has 1 fully saturated rings. The van der Waals surface area contributed by atoms with Gasteiger partial charge in [0, 0.05) is 47.2 Å². The second-order valence-electron chi connectivity index (χ2n) is 7.05. The molecule has 1 N–H and O–H groups in total. The highest BCUT2D eigenvalue weighted by atomic mass is 16.2. The largest absolute Gasteiger partial charge is 0.338 e. The number of rotatable bonds is 2. The molecule has 0 spiro atoms. The van der Waals surface area contributed by atoms with E-state index < -0.39 is 0 Å². The first kappa shape index (κ1) is 15.9. The summed E-state index contributed by atoms with van der Waals surface area (Å²) >= 11 is 0. The summed E-state index contributed by atoms with van der Waals surface area (Å²) < 4.78 is 0. The number of nitrogens with one attached hydrogen (secondary N) is 1. The monoisotopic (exact) mass is 357 g/mol. The van der Waals surface area contributed by atoms with E-state index in [9.17, 15) is 4.79 Å². The van der Waals surface area contributed by atoms with E-state index >= 15 is 0 Å². The number of carbonyl (C=O) groups excluding carboxylic acids is 1. The van der Waals surface area contributed by atoms with Crippen LogP contribution in [0, 0.1) is 0 Å². The zero-order chi connectivity index (χ0) is 18.2. The van der Waals surface area contributed by atoms with Crippen molar-refractivity contribution in [2.24, 2.45) is 0 Å². The Labute approximate surface area is 156 Å². The molecule has 6 nitrogen and oxygen atoms in total. The number of piperidine rings is 1. The summed E-state index contributed by atoms with van der Waals surface area (Å²) in [6, 6.07) is 13.7. The van der Waals surface area contributed by atoms with Gasteiger partial charge in [-0.25, -0.2) is 4.98 Å². The highest BCUT2D eigenvalue weighted by Crippen LogP contribution is 2.28. The highest BCUT2D eigenvalue weighted by Gasteiger charge is 2.26. The van der Waals surface area contributed by atoms with Crippen molar-refractivity contribution in [3.63, 3.8) is 0 Å². The van der Waals surface area contributed by atoms with Crippen LogP contribution in [0.3, 0.4) is 0 Å². The van der Waals surface area contributed by atoms with Crippen LogP contribution in [0.25, 0.3) is 21.9 Å². The quantitative estimate of drug-likeness (QED) is 0.595. The summed E-state index contributed by atoms with van der Waals surface area (Å²) in [5, 5.41) is 8.96. The van der Waals surface area contributed by atoms with Crippen molar-refractivity contribution in [3.05, 3.63) is 66.1 Å². The van der Waals surface area contributed by atoms with Gasteiger partial charge in [0.15, 0.2) is 5.65 Å². The Bertz CT molecular complexity index is 1140. The molecule has 5 rings (SSSR count). The standard InChI is InChI=1S/C21H19N5O/c27-21(15-5-7-18-14(11-15)3-1-9-22-18)26-10-2-4-17(13-26)19-8-6-16-12-23-25-20(16)24-19/h1,3,5-9,11-12,17H,2,4,10,13H2,(H,23,24,25)/t17-/m0/s1. The fourth-order valence-electron chi connectivity index (χ4n) is 3.86. The third-order valence-electron chi connectivity index (χ3n) is 5.30. The molecule has 6 heteroatoms. The van der Waals surface area contributed by atoms with E-state index in [4.69, 9.17) is 4.98 Å². The topological polar surface area (TPSA) is 74.8 Å². The molecule has 1 aliphatic heterocycles. The maximum Gasteiger partial charge on any atom is 0.253 e. The van der Waals surface area contributed by atoms with Crippen LogP contribution < -0.4 is 0 Å². The number of benzene rings is 1. The third-order valence-corrected chi connectivity index (χ3v) is 5.30. The normalized spacial score (nSPS) is 17.5. The Kier molecular flexibility index (Phi) is 3.81. The first-order valence-corrected chi connectivity index (χ1v) is 9.22. The van der Waals surface area contributed by atoms with Crippen molar-refractivity contribution in [1.29, 1.82) is 0 Å². The molecule has 1 saturated heterocycles. The molecule has 134 valence electrons. The van der Waals surface area contributed by atoms with Crippen LogP contribution in [0.2, 0.25) is 0 Å². The fraction of sp³-hybridized carbons (Fsp3) is 0.238. The van der Waals surface area contributed by atoms with Gasteiger partial charge in [0.1, 0.15) is 0 Å². The number of amides is 1. The number of aromatic amines is 1. The second kappa shape index (κ2) is 6.46. The Hall–Kier alpha value is -3.28. The minimum atomic E-state index is 0.0769. The van der Waals surface area contributed by atoms with E-state index in [2.05, 4.69) is 21.2 Å². The van der Waals surface area contributed by atoms with Crippen molar-refractivity contribution < 1.29 is 4.79 Å². The number of aromatic nitrogens is 4. The van der Waals surface area contributed by atoms with Gasteiger partial charge in [-0.3, -0.25) is 14.9 Å². The maximum absolute atomic E-state index is 13.1. The number of hydrogen-bond donors (Lipinski definition) is 1. The first-order chi connectivity index (χ1) is 13.3. The molecule has 0 unspecified atom stereocenters. The van der Waals surface area contributed by atoms with E-state index in [1.165, 1.54) is 0 Å². The Morgan fingerprint density at radius 3 is 3.07 bits per heavy atom. The van der Waals surface area contributed by atoms with Gasteiger partial charge in [-0.15, -0.1) is 0 Å². The molecule has 4 heterocycles. The SMILES string of the molecule is O=C(c1ccc2ncccc2c1)N1CCC[C@H](c2ccc3cn[nH]c3n2)C1. The Morgan fingerprint density at radius 2 is 2.11 bits per heavy atom. The lowest BCUT2D eigenvalue weighted by Gasteiger charge is -2.32. The summed E-state index contributed by atoms with van der Waals surface area (Å²) in [4.78, 5) is 24.0. The second-order valence-corrected chi connectivity index (χ2v) is 7.05. The lowest BCUT2D eigenvalue weighted by Crippen LogP contribution is -2.39. The molecule has 3 aromatic heterocycles. The van der Waals surface area contributed by atoms with E-state index in [-0.39, 0.29) is 11.8 Å². The number of fused-ring (bicyclic) bond motifs is 2. The maximum atomic E-state index is 13.1. The Morgan fingerprint density at radius 1 is 1.15 bits per heavy atom. The molecule has 0 saturated carbocycles. The van der Waals surface area contributed by atoms with Gasteiger partial charge in [0.05, 0.1) is 11.7 Å². The predicted molar refractivity (Wildman–Crippen MR) is 104 cm³/mol. The first-order valence-electron chi connectivity index (χ1n) is 9.22. The third kappa shape index (κ3) is 2.93. The zero-order valence-corrected chi connectivity index (χ0v) is 14.8. The molecule has 4 aromatic rings. The molecule has 1 atom stereocenters. The summed E-state index contributed by atoms with van der Waals surface area (Å²) in [6.07, 6.45) is 5.56.